The Morgan fingerprint density at radius 3 is 2.46 bits per heavy atom. The molecule has 1 aliphatic rings. The first-order valence-corrected chi connectivity index (χ1v) is 8.85. The van der Waals surface area contributed by atoms with E-state index < -0.39 is 0 Å². The zero-order valence-electron chi connectivity index (χ0n) is 15.2. The van der Waals surface area contributed by atoms with Gasteiger partial charge in [-0.1, -0.05) is 30.3 Å². The van der Waals surface area contributed by atoms with Gasteiger partial charge in [0.1, 0.15) is 5.75 Å². The van der Waals surface area contributed by atoms with E-state index in [1.54, 1.807) is 20.3 Å². The molecule has 3 aromatic rings. The molecule has 0 saturated heterocycles. The van der Waals surface area contributed by atoms with Gasteiger partial charge in [0.05, 0.1) is 14.2 Å². The summed E-state index contributed by atoms with van der Waals surface area (Å²) in [6.45, 7) is 2.50. The Morgan fingerprint density at radius 1 is 0.962 bits per heavy atom. The molecule has 0 spiro atoms. The number of benzene rings is 3. The van der Waals surface area contributed by atoms with Gasteiger partial charge in [0.15, 0.2) is 11.5 Å². The van der Waals surface area contributed by atoms with Gasteiger partial charge >= 0.3 is 0 Å². The van der Waals surface area contributed by atoms with Gasteiger partial charge in [-0.25, -0.2) is 0 Å². The fourth-order valence-corrected chi connectivity index (χ4v) is 3.79. The van der Waals surface area contributed by atoms with Crippen LogP contribution in [0.25, 0.3) is 10.8 Å². The summed E-state index contributed by atoms with van der Waals surface area (Å²) in [5, 5.41) is 12.7. The number of fused-ring (bicyclic) bond motifs is 2. The van der Waals surface area contributed by atoms with E-state index in [0.29, 0.717) is 5.75 Å². The predicted octanol–water partition coefficient (Wildman–Crippen LogP) is 4.12. The molecule has 4 heteroatoms. The van der Waals surface area contributed by atoms with Crippen LogP contribution in [0.2, 0.25) is 0 Å². The van der Waals surface area contributed by atoms with Crippen molar-refractivity contribution >= 4 is 10.8 Å². The Morgan fingerprint density at radius 2 is 1.69 bits per heavy atom. The highest BCUT2D eigenvalue weighted by Crippen LogP contribution is 2.35. The van der Waals surface area contributed by atoms with Crippen LogP contribution in [0.3, 0.4) is 0 Å². The fourth-order valence-electron chi connectivity index (χ4n) is 3.79. The molecule has 134 valence electrons. The van der Waals surface area contributed by atoms with Gasteiger partial charge in [-0.15, -0.1) is 0 Å². The lowest BCUT2D eigenvalue weighted by atomic mass is 9.97. The van der Waals surface area contributed by atoms with Crippen LogP contribution in [-0.2, 0) is 19.5 Å². The molecular formula is C22H23NO3. The summed E-state index contributed by atoms with van der Waals surface area (Å²) >= 11 is 0. The first-order chi connectivity index (χ1) is 12.7. The van der Waals surface area contributed by atoms with Gasteiger partial charge in [-0.3, -0.25) is 4.90 Å². The van der Waals surface area contributed by atoms with Gasteiger partial charge in [-0.05, 0) is 46.5 Å². The molecule has 0 saturated carbocycles. The third-order valence-corrected chi connectivity index (χ3v) is 5.19. The van der Waals surface area contributed by atoms with Crippen LogP contribution in [0.15, 0.2) is 48.5 Å². The smallest absolute Gasteiger partial charge is 0.161 e. The molecule has 1 N–H and O–H groups in total. The normalized spacial score (nSPS) is 14.2. The van der Waals surface area contributed by atoms with Crippen molar-refractivity contribution in [3.63, 3.8) is 0 Å². The molecule has 0 bridgehead atoms. The summed E-state index contributed by atoms with van der Waals surface area (Å²) < 4.78 is 10.9. The van der Waals surface area contributed by atoms with Gasteiger partial charge in [0, 0.05) is 25.2 Å². The van der Waals surface area contributed by atoms with Crippen molar-refractivity contribution in [2.24, 2.45) is 0 Å². The number of hydrogen-bond donors (Lipinski definition) is 1. The molecule has 1 heterocycles. The fraction of sp³-hybridized carbons (Fsp3) is 0.273. The Hall–Kier alpha value is -2.72. The lowest BCUT2D eigenvalue weighted by Crippen LogP contribution is -2.30. The Kier molecular flexibility index (Phi) is 4.43. The highest BCUT2D eigenvalue weighted by molar-refractivity contribution is 5.87. The number of hydrogen-bond acceptors (Lipinski definition) is 4. The minimum Gasteiger partial charge on any atom is -0.508 e. The molecule has 0 fully saturated rings. The van der Waals surface area contributed by atoms with Crippen molar-refractivity contribution < 1.29 is 14.6 Å². The second-order valence-electron chi connectivity index (χ2n) is 6.72. The summed E-state index contributed by atoms with van der Waals surface area (Å²) in [5.41, 5.74) is 3.56. The molecule has 0 unspecified atom stereocenters. The summed E-state index contributed by atoms with van der Waals surface area (Å²) in [7, 11) is 3.33. The number of rotatable bonds is 4. The quantitative estimate of drug-likeness (QED) is 0.769. The van der Waals surface area contributed by atoms with Crippen LogP contribution in [0.1, 0.15) is 16.7 Å². The lowest BCUT2D eigenvalue weighted by Gasteiger charge is -2.30. The van der Waals surface area contributed by atoms with Gasteiger partial charge in [0.25, 0.3) is 0 Å². The number of ether oxygens (including phenoxy) is 2. The largest absolute Gasteiger partial charge is 0.508 e. The molecule has 0 aromatic heterocycles. The maximum Gasteiger partial charge on any atom is 0.161 e. The summed E-state index contributed by atoms with van der Waals surface area (Å²) in [6, 6.07) is 16.1. The van der Waals surface area contributed by atoms with E-state index in [9.17, 15) is 5.11 Å². The van der Waals surface area contributed by atoms with Crippen LogP contribution in [0.4, 0.5) is 0 Å². The number of phenolic OH excluding ortho intramolecular Hbond substituents is 1. The molecule has 1 aliphatic heterocycles. The van der Waals surface area contributed by atoms with Crippen LogP contribution in [0, 0.1) is 0 Å². The number of aromatic hydroxyl groups is 1. The monoisotopic (exact) mass is 349 g/mol. The van der Waals surface area contributed by atoms with E-state index in [1.807, 2.05) is 18.2 Å². The van der Waals surface area contributed by atoms with Crippen molar-refractivity contribution in [1.82, 2.24) is 4.90 Å². The third kappa shape index (κ3) is 2.97. The van der Waals surface area contributed by atoms with Crippen LogP contribution >= 0.6 is 0 Å². The Bertz CT molecular complexity index is 952. The molecule has 0 radical (unpaired) electrons. The SMILES string of the molecule is COc1cc2c(cc1OC)CN(Cc1c(O)ccc3ccccc13)CC2. The van der Waals surface area contributed by atoms with E-state index in [2.05, 4.69) is 29.2 Å². The van der Waals surface area contributed by atoms with Gasteiger partial charge < -0.3 is 14.6 Å². The van der Waals surface area contributed by atoms with E-state index in [1.165, 1.54) is 11.1 Å². The highest BCUT2D eigenvalue weighted by Gasteiger charge is 2.21. The van der Waals surface area contributed by atoms with E-state index in [-0.39, 0.29) is 0 Å². The molecule has 4 nitrogen and oxygen atoms in total. The molecule has 3 aromatic carbocycles. The number of nitrogens with zero attached hydrogens (tertiary/aromatic N) is 1. The van der Waals surface area contributed by atoms with Crippen LogP contribution in [0.5, 0.6) is 17.2 Å². The maximum atomic E-state index is 10.4. The van der Waals surface area contributed by atoms with E-state index in [0.717, 1.165) is 53.9 Å². The van der Waals surface area contributed by atoms with Gasteiger partial charge in [-0.2, -0.15) is 0 Å². The minimum absolute atomic E-state index is 0.363. The summed E-state index contributed by atoms with van der Waals surface area (Å²) in [6.07, 6.45) is 0.960. The Labute approximate surface area is 153 Å². The Balaban J connectivity index is 1.63. The van der Waals surface area contributed by atoms with Crippen molar-refractivity contribution in [3.05, 3.63) is 65.2 Å². The van der Waals surface area contributed by atoms with Crippen molar-refractivity contribution in [2.45, 2.75) is 19.5 Å². The standard InChI is InChI=1S/C22H23NO3/c1-25-21-11-16-9-10-23(13-17(16)12-22(21)26-2)14-19-18-6-4-3-5-15(18)7-8-20(19)24/h3-8,11-12,24H,9-10,13-14H2,1-2H3. The first-order valence-electron chi connectivity index (χ1n) is 8.85. The maximum absolute atomic E-state index is 10.4. The average molecular weight is 349 g/mol. The molecule has 0 atom stereocenters. The molecule has 26 heavy (non-hydrogen) atoms. The number of methoxy groups -OCH3 is 2. The minimum atomic E-state index is 0.363. The second kappa shape index (κ2) is 6.89. The van der Waals surface area contributed by atoms with E-state index >= 15 is 0 Å². The topological polar surface area (TPSA) is 41.9 Å². The van der Waals surface area contributed by atoms with Crippen molar-refractivity contribution in [3.8, 4) is 17.2 Å². The van der Waals surface area contributed by atoms with Gasteiger partial charge in [0.2, 0.25) is 0 Å². The summed E-state index contributed by atoms with van der Waals surface area (Å²) in [4.78, 5) is 2.37. The molecular weight excluding hydrogens is 326 g/mol. The van der Waals surface area contributed by atoms with Crippen LogP contribution in [-0.4, -0.2) is 30.8 Å². The zero-order valence-corrected chi connectivity index (χ0v) is 15.2. The van der Waals surface area contributed by atoms with Crippen LogP contribution < -0.4 is 9.47 Å². The molecule has 0 amide bonds. The van der Waals surface area contributed by atoms with Crippen molar-refractivity contribution in [2.75, 3.05) is 20.8 Å². The highest BCUT2D eigenvalue weighted by atomic mass is 16.5. The average Bonchev–Trinajstić information content (AvgIpc) is 2.69. The third-order valence-electron chi connectivity index (χ3n) is 5.19. The van der Waals surface area contributed by atoms with E-state index in [4.69, 9.17) is 9.47 Å². The second-order valence-corrected chi connectivity index (χ2v) is 6.72. The lowest BCUT2D eigenvalue weighted by molar-refractivity contribution is 0.242. The number of phenols is 1. The molecule has 4 rings (SSSR count). The van der Waals surface area contributed by atoms with Crippen molar-refractivity contribution in [1.29, 1.82) is 0 Å². The zero-order chi connectivity index (χ0) is 18.1. The predicted molar refractivity (Wildman–Crippen MR) is 103 cm³/mol. The first kappa shape index (κ1) is 16.7. The molecule has 0 aliphatic carbocycles. The summed E-state index contributed by atoms with van der Waals surface area (Å²) in [5.74, 6) is 1.91.